The van der Waals surface area contributed by atoms with Crippen LogP contribution < -0.4 is 0 Å². The van der Waals surface area contributed by atoms with Crippen LogP contribution in [0, 0.1) is 17.8 Å². The van der Waals surface area contributed by atoms with E-state index in [1.54, 1.807) is 0 Å². The van der Waals surface area contributed by atoms with Gasteiger partial charge in [-0.25, -0.2) is 0 Å². The number of fused-ring (bicyclic) bond motifs is 2. The summed E-state index contributed by atoms with van der Waals surface area (Å²) in [4.78, 5) is 22.2. The van der Waals surface area contributed by atoms with Gasteiger partial charge >= 0.3 is 0 Å². The molecule has 0 aromatic carbocycles. The second kappa shape index (κ2) is 2.54. The fourth-order valence-electron chi connectivity index (χ4n) is 2.34. The minimum Gasteiger partial charge on any atom is -0.291 e. The summed E-state index contributed by atoms with van der Waals surface area (Å²) in [7, 11) is 0. The first-order valence-electron chi connectivity index (χ1n) is 4.41. The van der Waals surface area contributed by atoms with E-state index in [0.717, 1.165) is 12.8 Å². The molecule has 0 aromatic rings. The lowest BCUT2D eigenvalue weighted by Crippen LogP contribution is -2.24. The van der Waals surface area contributed by atoms with E-state index in [1.807, 2.05) is 0 Å². The van der Waals surface area contributed by atoms with Gasteiger partial charge in [0.25, 0.3) is 0 Å². The Morgan fingerprint density at radius 3 is 2.42 bits per heavy atom. The van der Waals surface area contributed by atoms with Crippen LogP contribution in [0.4, 0.5) is 0 Å². The molecular weight excluding hydrogens is 152 g/mol. The van der Waals surface area contributed by atoms with Crippen LogP contribution in [0.3, 0.4) is 0 Å². The fourth-order valence-corrected chi connectivity index (χ4v) is 2.34. The number of ketones is 2. The minimum atomic E-state index is -0.277. The highest BCUT2D eigenvalue weighted by Gasteiger charge is 2.40. The average Bonchev–Trinajstić information content (AvgIpc) is 2.62. The number of rotatable bonds is 2. The third-order valence-electron chi connectivity index (χ3n) is 2.96. The first-order chi connectivity index (χ1) is 5.68. The van der Waals surface area contributed by atoms with Crippen LogP contribution in [-0.2, 0) is 9.59 Å². The van der Waals surface area contributed by atoms with Gasteiger partial charge in [0.1, 0.15) is 0 Å². The molecule has 0 aromatic heterocycles. The molecule has 2 rings (SSSR count). The van der Waals surface area contributed by atoms with E-state index in [9.17, 15) is 9.59 Å². The molecule has 0 spiro atoms. The first-order valence-corrected chi connectivity index (χ1v) is 4.41. The fraction of sp³-hybridized carbons (Fsp3) is 0.600. The van der Waals surface area contributed by atoms with E-state index in [-0.39, 0.29) is 17.5 Å². The second-order valence-electron chi connectivity index (χ2n) is 3.81. The Balaban J connectivity index is 2.13. The molecule has 0 radical (unpaired) electrons. The summed E-state index contributed by atoms with van der Waals surface area (Å²) < 4.78 is 0. The normalized spacial score (nSPS) is 37.2. The molecule has 1 unspecified atom stereocenters. The van der Waals surface area contributed by atoms with Crippen LogP contribution in [-0.4, -0.2) is 11.6 Å². The molecular formula is C10H12O2. The van der Waals surface area contributed by atoms with Gasteiger partial charge in [-0.15, -0.1) is 0 Å². The van der Waals surface area contributed by atoms with Crippen molar-refractivity contribution in [2.45, 2.75) is 19.8 Å². The molecule has 2 bridgehead atoms. The lowest BCUT2D eigenvalue weighted by atomic mass is 9.88. The average molecular weight is 164 g/mol. The van der Waals surface area contributed by atoms with Gasteiger partial charge in [-0.2, -0.15) is 0 Å². The summed E-state index contributed by atoms with van der Waals surface area (Å²) in [5.41, 5.74) is 0. The van der Waals surface area contributed by atoms with Crippen LogP contribution in [0.15, 0.2) is 12.2 Å². The van der Waals surface area contributed by atoms with Crippen molar-refractivity contribution in [3.05, 3.63) is 12.2 Å². The molecule has 64 valence electrons. The van der Waals surface area contributed by atoms with Gasteiger partial charge in [0.15, 0.2) is 5.78 Å². The molecule has 2 aliphatic rings. The number of allylic oxidation sites excluding steroid dienone is 2. The molecule has 1 fully saturated rings. The maximum Gasteiger partial charge on any atom is 0.201 e. The SMILES string of the molecule is CC(=O)C(=O)C1C[C@H]2C=C[C@@H]1C2. The quantitative estimate of drug-likeness (QED) is 0.456. The van der Waals surface area contributed by atoms with Crippen LogP contribution in [0.5, 0.6) is 0 Å². The highest BCUT2D eigenvalue weighted by atomic mass is 16.2. The summed E-state index contributed by atoms with van der Waals surface area (Å²) >= 11 is 0. The zero-order valence-electron chi connectivity index (χ0n) is 7.12. The monoisotopic (exact) mass is 164 g/mol. The maximum atomic E-state index is 11.4. The van der Waals surface area contributed by atoms with Crippen LogP contribution in [0.1, 0.15) is 19.8 Å². The first kappa shape index (κ1) is 7.71. The lowest BCUT2D eigenvalue weighted by Gasteiger charge is -2.14. The van der Waals surface area contributed by atoms with Crippen molar-refractivity contribution < 1.29 is 9.59 Å². The van der Waals surface area contributed by atoms with Crippen molar-refractivity contribution in [1.82, 2.24) is 0 Å². The third kappa shape index (κ3) is 1.02. The highest BCUT2D eigenvalue weighted by Crippen LogP contribution is 2.43. The number of Topliss-reactive ketones (excluding diaryl/α,β-unsaturated/α-hetero) is 2. The Hall–Kier alpha value is -0.920. The smallest absolute Gasteiger partial charge is 0.201 e. The van der Waals surface area contributed by atoms with Gasteiger partial charge in [-0.05, 0) is 24.7 Å². The second-order valence-corrected chi connectivity index (χ2v) is 3.81. The minimum absolute atomic E-state index is 0.0116. The van der Waals surface area contributed by atoms with E-state index in [0.29, 0.717) is 11.8 Å². The van der Waals surface area contributed by atoms with Gasteiger partial charge in [0, 0.05) is 12.8 Å². The molecule has 2 aliphatic carbocycles. The van der Waals surface area contributed by atoms with Crippen molar-refractivity contribution in [3.8, 4) is 0 Å². The predicted molar refractivity (Wildman–Crippen MR) is 44.5 cm³/mol. The molecule has 1 saturated carbocycles. The van der Waals surface area contributed by atoms with Gasteiger partial charge < -0.3 is 0 Å². The molecule has 2 nitrogen and oxygen atoms in total. The Bertz CT molecular complexity index is 265. The third-order valence-corrected chi connectivity index (χ3v) is 2.96. The summed E-state index contributed by atoms with van der Waals surface area (Å²) in [5, 5.41) is 0. The molecule has 0 N–H and O–H groups in total. The molecule has 12 heavy (non-hydrogen) atoms. The van der Waals surface area contributed by atoms with Crippen LogP contribution in [0.25, 0.3) is 0 Å². The largest absolute Gasteiger partial charge is 0.291 e. The molecule has 0 heterocycles. The Labute approximate surface area is 71.6 Å². The van der Waals surface area contributed by atoms with E-state index in [2.05, 4.69) is 12.2 Å². The van der Waals surface area contributed by atoms with Gasteiger partial charge in [-0.3, -0.25) is 9.59 Å². The number of carbonyl (C=O) groups is 2. The number of hydrogen-bond donors (Lipinski definition) is 0. The van der Waals surface area contributed by atoms with Crippen LogP contribution in [0.2, 0.25) is 0 Å². The predicted octanol–water partition coefficient (Wildman–Crippen LogP) is 1.36. The van der Waals surface area contributed by atoms with Crippen molar-refractivity contribution in [3.63, 3.8) is 0 Å². The van der Waals surface area contributed by atoms with Crippen molar-refractivity contribution in [2.75, 3.05) is 0 Å². The number of hydrogen-bond acceptors (Lipinski definition) is 2. The summed E-state index contributed by atoms with van der Waals surface area (Å²) in [6.45, 7) is 1.37. The zero-order valence-corrected chi connectivity index (χ0v) is 7.12. The van der Waals surface area contributed by atoms with Crippen molar-refractivity contribution in [2.24, 2.45) is 17.8 Å². The Kier molecular flexibility index (Phi) is 1.63. The Morgan fingerprint density at radius 2 is 2.00 bits per heavy atom. The highest BCUT2D eigenvalue weighted by molar-refractivity contribution is 6.37. The van der Waals surface area contributed by atoms with E-state index in [1.165, 1.54) is 6.92 Å². The zero-order chi connectivity index (χ0) is 8.72. The maximum absolute atomic E-state index is 11.4. The standard InChI is InChI=1S/C10H12O2/c1-6(11)10(12)9-5-7-2-3-8(9)4-7/h2-3,7-9H,4-5H2,1H3/t7-,8+,9?/m0/s1. The number of carbonyl (C=O) groups excluding carboxylic acids is 2. The van der Waals surface area contributed by atoms with Gasteiger partial charge in [-0.1, -0.05) is 12.2 Å². The molecule has 2 heteroatoms. The molecule has 0 amide bonds. The molecule has 0 saturated heterocycles. The molecule has 3 atom stereocenters. The van der Waals surface area contributed by atoms with E-state index >= 15 is 0 Å². The Morgan fingerprint density at radius 1 is 1.25 bits per heavy atom. The molecule has 0 aliphatic heterocycles. The van der Waals surface area contributed by atoms with Crippen molar-refractivity contribution in [1.29, 1.82) is 0 Å². The topological polar surface area (TPSA) is 34.1 Å². The van der Waals surface area contributed by atoms with Crippen LogP contribution >= 0.6 is 0 Å². The van der Waals surface area contributed by atoms with Gasteiger partial charge in [0.05, 0.1) is 0 Å². The van der Waals surface area contributed by atoms with Gasteiger partial charge in [0.2, 0.25) is 5.78 Å². The summed E-state index contributed by atoms with van der Waals surface area (Å²) in [5.74, 6) is 0.514. The van der Waals surface area contributed by atoms with Crippen molar-refractivity contribution >= 4 is 11.6 Å². The van der Waals surface area contributed by atoms with E-state index < -0.39 is 0 Å². The summed E-state index contributed by atoms with van der Waals surface area (Å²) in [6, 6.07) is 0. The lowest BCUT2D eigenvalue weighted by molar-refractivity contribution is -0.138. The van der Waals surface area contributed by atoms with E-state index in [4.69, 9.17) is 0 Å². The summed E-state index contributed by atoms with van der Waals surface area (Å²) in [6.07, 6.45) is 6.26.